The fourth-order valence-electron chi connectivity index (χ4n) is 4.71. The van der Waals surface area contributed by atoms with E-state index in [9.17, 15) is 4.79 Å². The average Bonchev–Trinajstić information content (AvgIpc) is 3.22. The van der Waals surface area contributed by atoms with E-state index in [1.165, 1.54) is 25.7 Å². The van der Waals surface area contributed by atoms with Crippen LogP contribution >= 0.6 is 11.6 Å². The highest BCUT2D eigenvalue weighted by Gasteiger charge is 2.31. The molecule has 31 heavy (non-hydrogen) atoms. The molecular weight excluding hydrogens is 412 g/mol. The number of aromatic nitrogens is 3. The molecule has 162 valence electrons. The van der Waals surface area contributed by atoms with Crippen molar-refractivity contribution in [2.75, 3.05) is 0 Å². The number of carbonyl (C=O) groups is 1. The molecule has 3 aromatic rings. The predicted molar refractivity (Wildman–Crippen MR) is 120 cm³/mol. The molecule has 2 aromatic heterocycles. The van der Waals surface area contributed by atoms with Crippen LogP contribution < -0.4 is 4.74 Å². The zero-order valence-corrected chi connectivity index (χ0v) is 18.8. The number of hydrogen-bond acceptors (Lipinski definition) is 4. The van der Waals surface area contributed by atoms with Crippen molar-refractivity contribution in [3.8, 4) is 5.75 Å². The highest BCUT2D eigenvalue weighted by Crippen LogP contribution is 2.32. The maximum atomic E-state index is 13.4. The van der Waals surface area contributed by atoms with Crippen LogP contribution in [0.25, 0.3) is 5.65 Å². The van der Waals surface area contributed by atoms with E-state index in [2.05, 4.69) is 4.98 Å². The molecule has 5 rings (SSSR count). The van der Waals surface area contributed by atoms with Gasteiger partial charge in [-0.25, -0.2) is 9.50 Å². The first kappa shape index (κ1) is 20.3. The molecule has 0 radical (unpaired) electrons. The van der Waals surface area contributed by atoms with Crippen molar-refractivity contribution < 1.29 is 9.53 Å². The Labute approximate surface area is 187 Å². The molecule has 0 spiro atoms. The summed E-state index contributed by atoms with van der Waals surface area (Å²) in [7, 11) is 0. The fourth-order valence-corrected chi connectivity index (χ4v) is 4.83. The van der Waals surface area contributed by atoms with Gasteiger partial charge in [0.2, 0.25) is 0 Å². The second-order valence-electron chi connectivity index (χ2n) is 8.65. The highest BCUT2D eigenvalue weighted by molar-refractivity contribution is 6.31. The van der Waals surface area contributed by atoms with Crippen molar-refractivity contribution >= 4 is 23.2 Å². The second-order valence-corrected chi connectivity index (χ2v) is 9.02. The van der Waals surface area contributed by atoms with Crippen LogP contribution in [-0.2, 0) is 13.1 Å². The number of aryl methyl sites for hydroxylation is 2. The van der Waals surface area contributed by atoms with E-state index in [0.717, 1.165) is 41.1 Å². The van der Waals surface area contributed by atoms with E-state index in [1.807, 2.05) is 43.0 Å². The normalized spacial score (nSPS) is 17.1. The minimum Gasteiger partial charge on any atom is -0.490 e. The number of carbonyl (C=O) groups excluding carboxylic acids is 1. The Balaban J connectivity index is 1.40. The quantitative estimate of drug-likeness (QED) is 0.523. The van der Waals surface area contributed by atoms with Gasteiger partial charge in [-0.05, 0) is 51.7 Å². The molecule has 0 atom stereocenters. The summed E-state index contributed by atoms with van der Waals surface area (Å²) in [6.45, 7) is 4.79. The number of fused-ring (bicyclic) bond motifs is 3. The van der Waals surface area contributed by atoms with Crippen LogP contribution in [0.4, 0.5) is 0 Å². The van der Waals surface area contributed by atoms with Crippen LogP contribution in [0.1, 0.15) is 71.5 Å². The van der Waals surface area contributed by atoms with Gasteiger partial charge in [0, 0.05) is 5.56 Å². The zero-order chi connectivity index (χ0) is 21.5. The molecule has 1 aromatic carbocycles. The first-order valence-corrected chi connectivity index (χ1v) is 11.5. The van der Waals surface area contributed by atoms with Crippen molar-refractivity contribution in [3.63, 3.8) is 0 Å². The number of amides is 1. The molecule has 1 aliphatic heterocycles. The number of benzene rings is 1. The van der Waals surface area contributed by atoms with Crippen molar-refractivity contribution in [1.29, 1.82) is 0 Å². The Hall–Kier alpha value is -2.60. The SMILES string of the molecule is Cc1nc2c3c(nn2c(C)c1Cl)CN(C(=O)c1ccccc1OC1CCCCCC1)C3. The van der Waals surface area contributed by atoms with E-state index in [0.29, 0.717) is 29.4 Å². The lowest BCUT2D eigenvalue weighted by Crippen LogP contribution is -2.27. The molecule has 6 nitrogen and oxygen atoms in total. The van der Waals surface area contributed by atoms with Crippen molar-refractivity contribution in [1.82, 2.24) is 19.5 Å². The van der Waals surface area contributed by atoms with Gasteiger partial charge in [0.1, 0.15) is 5.75 Å². The van der Waals surface area contributed by atoms with E-state index in [1.54, 1.807) is 4.52 Å². The molecule has 2 aliphatic rings. The van der Waals surface area contributed by atoms with Gasteiger partial charge in [-0.1, -0.05) is 36.6 Å². The topological polar surface area (TPSA) is 59.7 Å². The Morgan fingerprint density at radius 3 is 2.61 bits per heavy atom. The van der Waals surface area contributed by atoms with Crippen molar-refractivity contribution in [3.05, 3.63) is 57.5 Å². The minimum atomic E-state index is -0.0252. The summed E-state index contributed by atoms with van der Waals surface area (Å²) < 4.78 is 8.12. The van der Waals surface area contributed by atoms with Crippen LogP contribution in [-0.4, -0.2) is 31.5 Å². The third-order valence-electron chi connectivity index (χ3n) is 6.46. The summed E-state index contributed by atoms with van der Waals surface area (Å²) in [4.78, 5) is 19.9. The predicted octanol–water partition coefficient (Wildman–Crippen LogP) is 5.26. The molecule has 1 fully saturated rings. The lowest BCUT2D eigenvalue weighted by Gasteiger charge is -2.22. The molecule has 0 saturated heterocycles. The maximum Gasteiger partial charge on any atom is 0.258 e. The minimum absolute atomic E-state index is 0.0252. The monoisotopic (exact) mass is 438 g/mol. The van der Waals surface area contributed by atoms with E-state index in [4.69, 9.17) is 21.4 Å². The summed E-state index contributed by atoms with van der Waals surface area (Å²) in [6.07, 6.45) is 7.23. The molecule has 0 bridgehead atoms. The van der Waals surface area contributed by atoms with E-state index < -0.39 is 0 Å². The van der Waals surface area contributed by atoms with Gasteiger partial charge in [-0.15, -0.1) is 0 Å². The standard InChI is InChI=1S/C24H27ClN4O2/c1-15-22(25)16(2)29-23(26-15)19-13-28(14-20(19)27-29)24(30)18-11-7-8-12-21(18)31-17-9-5-3-4-6-10-17/h7-8,11-12,17H,3-6,9-10,13-14H2,1-2H3. The van der Waals surface area contributed by atoms with Crippen molar-refractivity contribution in [2.45, 2.75) is 71.6 Å². The van der Waals surface area contributed by atoms with Gasteiger partial charge < -0.3 is 9.64 Å². The van der Waals surface area contributed by atoms with Crippen molar-refractivity contribution in [2.24, 2.45) is 0 Å². The molecular formula is C24H27ClN4O2. The van der Waals surface area contributed by atoms with Gasteiger partial charge in [-0.3, -0.25) is 4.79 Å². The number of rotatable bonds is 3. The first-order valence-electron chi connectivity index (χ1n) is 11.1. The van der Waals surface area contributed by atoms with Gasteiger partial charge in [-0.2, -0.15) is 5.10 Å². The third-order valence-corrected chi connectivity index (χ3v) is 7.00. The molecule has 3 heterocycles. The molecule has 0 unspecified atom stereocenters. The number of para-hydroxylation sites is 1. The maximum absolute atomic E-state index is 13.4. The Bertz CT molecular complexity index is 1150. The lowest BCUT2D eigenvalue weighted by molar-refractivity contribution is 0.0741. The Kier molecular flexibility index (Phi) is 5.34. The highest BCUT2D eigenvalue weighted by atomic mass is 35.5. The largest absolute Gasteiger partial charge is 0.490 e. The summed E-state index contributed by atoms with van der Waals surface area (Å²) in [5, 5.41) is 5.32. The molecule has 1 saturated carbocycles. The summed E-state index contributed by atoms with van der Waals surface area (Å²) in [5.41, 5.74) is 4.94. The van der Waals surface area contributed by atoms with Crippen LogP contribution in [0.15, 0.2) is 24.3 Å². The van der Waals surface area contributed by atoms with Gasteiger partial charge in [0.15, 0.2) is 5.65 Å². The van der Waals surface area contributed by atoms with Gasteiger partial charge in [0.25, 0.3) is 5.91 Å². The smallest absolute Gasteiger partial charge is 0.258 e. The molecule has 0 N–H and O–H groups in total. The fraction of sp³-hybridized carbons (Fsp3) is 0.458. The van der Waals surface area contributed by atoms with E-state index in [-0.39, 0.29) is 12.0 Å². The van der Waals surface area contributed by atoms with Crippen LogP contribution in [0, 0.1) is 13.8 Å². The lowest BCUT2D eigenvalue weighted by atomic mass is 10.1. The Morgan fingerprint density at radius 2 is 1.84 bits per heavy atom. The van der Waals surface area contributed by atoms with Crippen LogP contribution in [0.3, 0.4) is 0 Å². The van der Waals surface area contributed by atoms with Crippen LogP contribution in [0.2, 0.25) is 5.02 Å². The number of halogens is 1. The van der Waals surface area contributed by atoms with Gasteiger partial charge >= 0.3 is 0 Å². The number of ether oxygens (including phenoxy) is 1. The summed E-state index contributed by atoms with van der Waals surface area (Å²) in [6, 6.07) is 7.62. The molecule has 1 amide bonds. The number of nitrogens with zero attached hydrogens (tertiary/aromatic N) is 4. The van der Waals surface area contributed by atoms with E-state index >= 15 is 0 Å². The third kappa shape index (κ3) is 3.67. The average molecular weight is 439 g/mol. The first-order chi connectivity index (χ1) is 15.0. The summed E-state index contributed by atoms with van der Waals surface area (Å²) >= 11 is 6.34. The molecule has 7 heteroatoms. The Morgan fingerprint density at radius 1 is 1.10 bits per heavy atom. The molecule has 1 aliphatic carbocycles. The zero-order valence-electron chi connectivity index (χ0n) is 18.0. The van der Waals surface area contributed by atoms with Crippen LogP contribution in [0.5, 0.6) is 5.75 Å². The van der Waals surface area contributed by atoms with Gasteiger partial charge in [0.05, 0.1) is 46.9 Å². The summed E-state index contributed by atoms with van der Waals surface area (Å²) in [5.74, 6) is 0.664. The second kappa shape index (κ2) is 8.15. The number of hydrogen-bond donors (Lipinski definition) is 0.